The average molecular weight is 210 g/mol. The van der Waals surface area contributed by atoms with Gasteiger partial charge in [-0.05, 0) is 0 Å². The van der Waals surface area contributed by atoms with Crippen LogP contribution in [-0.4, -0.2) is 42.5 Å². The molecule has 80 valence electrons. The highest BCUT2D eigenvalue weighted by Gasteiger charge is 2.39. The van der Waals surface area contributed by atoms with E-state index in [2.05, 4.69) is 0 Å². The zero-order chi connectivity index (χ0) is 10.9. The van der Waals surface area contributed by atoms with Crippen molar-refractivity contribution in [1.29, 1.82) is 0 Å². The molecule has 14 heavy (non-hydrogen) atoms. The molecular formula is C7H9F3N2O2. The Balaban J connectivity index is 2.67. The van der Waals surface area contributed by atoms with Crippen molar-refractivity contribution < 1.29 is 22.8 Å². The fourth-order valence-electron chi connectivity index (χ4n) is 1.23. The molecule has 0 aliphatic carbocycles. The number of carbonyl (C=O) groups is 2. The van der Waals surface area contributed by atoms with Crippen LogP contribution in [0.3, 0.4) is 0 Å². The van der Waals surface area contributed by atoms with Crippen LogP contribution in [0.5, 0.6) is 0 Å². The molecule has 0 aromatic rings. The van der Waals surface area contributed by atoms with Gasteiger partial charge < -0.3 is 10.2 Å². The van der Waals surface area contributed by atoms with Gasteiger partial charge in [0.2, 0.25) is 11.8 Å². The molecule has 0 spiro atoms. The van der Waals surface area contributed by atoms with Crippen molar-refractivity contribution >= 4 is 11.8 Å². The van der Waals surface area contributed by atoms with Crippen LogP contribution in [-0.2, 0) is 9.59 Å². The van der Waals surface area contributed by atoms with Crippen molar-refractivity contribution in [2.45, 2.75) is 18.6 Å². The third-order valence-electron chi connectivity index (χ3n) is 1.83. The number of piperazine rings is 1. The van der Waals surface area contributed by atoms with Crippen LogP contribution in [0.4, 0.5) is 13.2 Å². The summed E-state index contributed by atoms with van der Waals surface area (Å²) in [5.41, 5.74) is 0. The van der Waals surface area contributed by atoms with Crippen molar-refractivity contribution in [2.24, 2.45) is 0 Å². The van der Waals surface area contributed by atoms with E-state index in [-0.39, 0.29) is 6.54 Å². The van der Waals surface area contributed by atoms with E-state index in [9.17, 15) is 22.8 Å². The molecule has 1 rings (SSSR count). The number of nitrogens with zero attached hydrogens (tertiary/aromatic N) is 1. The number of hydrogen-bond donors (Lipinski definition) is 1. The molecule has 1 saturated heterocycles. The summed E-state index contributed by atoms with van der Waals surface area (Å²) in [4.78, 5) is 23.0. The SMILES string of the molecule is CN1CC(=O)NC(CC(F)(F)F)C1=O. The Hall–Kier alpha value is -1.27. The normalized spacial score (nSPS) is 23.7. The molecule has 1 N–H and O–H groups in total. The quantitative estimate of drug-likeness (QED) is 0.656. The lowest BCUT2D eigenvalue weighted by atomic mass is 10.1. The third-order valence-corrected chi connectivity index (χ3v) is 1.83. The molecule has 0 aromatic carbocycles. The van der Waals surface area contributed by atoms with Crippen molar-refractivity contribution in [2.75, 3.05) is 13.6 Å². The first-order valence-corrected chi connectivity index (χ1v) is 3.90. The molecule has 2 amide bonds. The minimum atomic E-state index is -4.45. The smallest absolute Gasteiger partial charge is 0.342 e. The van der Waals surface area contributed by atoms with Gasteiger partial charge in [-0.1, -0.05) is 0 Å². The lowest BCUT2D eigenvalue weighted by molar-refractivity contribution is -0.159. The van der Waals surface area contributed by atoms with Gasteiger partial charge in [-0.3, -0.25) is 9.59 Å². The third kappa shape index (κ3) is 2.61. The molecule has 1 aliphatic rings. The van der Waals surface area contributed by atoms with Gasteiger partial charge >= 0.3 is 6.18 Å². The first kappa shape index (κ1) is 10.8. The summed E-state index contributed by atoms with van der Waals surface area (Å²) in [5.74, 6) is -1.27. The minimum Gasteiger partial charge on any atom is -0.342 e. The van der Waals surface area contributed by atoms with Crippen LogP contribution in [0, 0.1) is 0 Å². The van der Waals surface area contributed by atoms with E-state index in [1.165, 1.54) is 7.05 Å². The summed E-state index contributed by atoms with van der Waals surface area (Å²) in [7, 11) is 1.30. The van der Waals surface area contributed by atoms with E-state index in [1.807, 2.05) is 5.32 Å². The van der Waals surface area contributed by atoms with E-state index < -0.39 is 30.5 Å². The number of nitrogens with one attached hydrogen (secondary N) is 1. The first-order valence-electron chi connectivity index (χ1n) is 3.90. The van der Waals surface area contributed by atoms with E-state index in [1.54, 1.807) is 0 Å². The monoisotopic (exact) mass is 210 g/mol. The van der Waals surface area contributed by atoms with Gasteiger partial charge in [0.15, 0.2) is 0 Å². The zero-order valence-electron chi connectivity index (χ0n) is 7.39. The predicted octanol–water partition coefficient (Wildman–Crippen LogP) is -0.104. The van der Waals surface area contributed by atoms with Gasteiger partial charge in [0.05, 0.1) is 13.0 Å². The Kier molecular flexibility index (Phi) is 2.68. The van der Waals surface area contributed by atoms with Crippen molar-refractivity contribution in [3.05, 3.63) is 0 Å². The number of likely N-dealkylation sites (N-methyl/N-ethyl adjacent to an activating group) is 1. The van der Waals surface area contributed by atoms with E-state index in [0.717, 1.165) is 4.90 Å². The molecule has 1 aliphatic heterocycles. The number of carbonyl (C=O) groups excluding carboxylic acids is 2. The number of hydrogen-bond acceptors (Lipinski definition) is 2. The Morgan fingerprint density at radius 2 is 2.07 bits per heavy atom. The molecule has 4 nitrogen and oxygen atoms in total. The maximum atomic E-state index is 11.9. The predicted molar refractivity (Wildman–Crippen MR) is 40.2 cm³/mol. The van der Waals surface area contributed by atoms with Gasteiger partial charge in [0, 0.05) is 7.05 Å². The van der Waals surface area contributed by atoms with E-state index in [4.69, 9.17) is 0 Å². The number of rotatable bonds is 1. The lowest BCUT2D eigenvalue weighted by Gasteiger charge is -2.30. The summed E-state index contributed by atoms with van der Waals surface area (Å²) in [6.45, 7) is -0.187. The zero-order valence-corrected chi connectivity index (χ0v) is 7.39. The van der Waals surface area contributed by atoms with E-state index >= 15 is 0 Å². The first-order chi connectivity index (χ1) is 6.29. The molecule has 1 unspecified atom stereocenters. The number of halogens is 3. The largest absolute Gasteiger partial charge is 0.391 e. The van der Waals surface area contributed by atoms with Crippen LogP contribution < -0.4 is 5.32 Å². The lowest BCUT2D eigenvalue weighted by Crippen LogP contribution is -2.57. The second-order valence-corrected chi connectivity index (χ2v) is 3.13. The van der Waals surface area contributed by atoms with Crippen molar-refractivity contribution in [3.8, 4) is 0 Å². The van der Waals surface area contributed by atoms with Crippen LogP contribution in [0.2, 0.25) is 0 Å². The van der Waals surface area contributed by atoms with Crippen LogP contribution in [0.1, 0.15) is 6.42 Å². The van der Waals surface area contributed by atoms with E-state index in [0.29, 0.717) is 0 Å². The highest BCUT2D eigenvalue weighted by Crippen LogP contribution is 2.23. The van der Waals surface area contributed by atoms with Gasteiger partial charge in [-0.25, -0.2) is 0 Å². The maximum absolute atomic E-state index is 11.9. The molecule has 1 fully saturated rings. The second-order valence-electron chi connectivity index (χ2n) is 3.13. The summed E-state index contributed by atoms with van der Waals surface area (Å²) < 4.78 is 35.8. The number of amides is 2. The molecule has 0 saturated carbocycles. The maximum Gasteiger partial charge on any atom is 0.391 e. The van der Waals surface area contributed by atoms with Gasteiger partial charge in [-0.15, -0.1) is 0 Å². The second kappa shape index (κ2) is 3.47. The summed E-state index contributed by atoms with van der Waals surface area (Å²) in [5, 5.41) is 2.00. The topological polar surface area (TPSA) is 49.4 Å². The molecule has 7 heteroatoms. The van der Waals surface area contributed by atoms with Gasteiger partial charge in [0.25, 0.3) is 0 Å². The fraction of sp³-hybridized carbons (Fsp3) is 0.714. The fourth-order valence-corrected chi connectivity index (χ4v) is 1.23. The van der Waals surface area contributed by atoms with Crippen LogP contribution in [0.15, 0.2) is 0 Å². The molecule has 0 aromatic heterocycles. The number of alkyl halides is 3. The minimum absolute atomic E-state index is 0.187. The van der Waals surface area contributed by atoms with Crippen molar-refractivity contribution in [1.82, 2.24) is 10.2 Å². The molecular weight excluding hydrogens is 201 g/mol. The Bertz CT molecular complexity index is 264. The highest BCUT2D eigenvalue weighted by molar-refractivity contribution is 5.94. The molecule has 0 radical (unpaired) electrons. The van der Waals surface area contributed by atoms with Crippen molar-refractivity contribution in [3.63, 3.8) is 0 Å². The summed E-state index contributed by atoms with van der Waals surface area (Å²) in [6.07, 6.45) is -5.77. The summed E-state index contributed by atoms with van der Waals surface area (Å²) in [6, 6.07) is -1.47. The standard InChI is InChI=1S/C7H9F3N2O2/c1-12-3-5(13)11-4(6(12)14)2-7(8,9)10/h4H,2-3H2,1H3,(H,11,13). The van der Waals surface area contributed by atoms with Gasteiger partial charge in [0.1, 0.15) is 6.04 Å². The van der Waals surface area contributed by atoms with Crippen LogP contribution in [0.25, 0.3) is 0 Å². The average Bonchev–Trinajstić information content (AvgIpc) is 1.96. The Labute approximate surface area is 78.1 Å². The molecule has 1 atom stereocenters. The molecule has 0 bridgehead atoms. The summed E-state index contributed by atoms with van der Waals surface area (Å²) >= 11 is 0. The Morgan fingerprint density at radius 1 is 1.50 bits per heavy atom. The van der Waals surface area contributed by atoms with Crippen LogP contribution >= 0.6 is 0 Å². The Morgan fingerprint density at radius 3 is 2.57 bits per heavy atom. The molecule has 1 heterocycles. The highest BCUT2D eigenvalue weighted by atomic mass is 19.4. The van der Waals surface area contributed by atoms with Gasteiger partial charge in [-0.2, -0.15) is 13.2 Å².